The van der Waals surface area contributed by atoms with Gasteiger partial charge in [-0.05, 0) is 55.7 Å². The molecule has 6 heteroatoms. The molecular formula is C24H37NO5. The summed E-state index contributed by atoms with van der Waals surface area (Å²) in [7, 11) is 0. The number of aliphatic hydroxyl groups is 1. The van der Waals surface area contributed by atoms with E-state index < -0.39 is 30.1 Å². The maximum atomic E-state index is 12.4. The Labute approximate surface area is 180 Å². The van der Waals surface area contributed by atoms with Gasteiger partial charge in [-0.15, -0.1) is 0 Å². The SMILES string of the molecule is CC(C)C[C@@H](NC(=O)OC(C)(C)C)[C@H](O)c1ccc(C(C)(C)C)cc1C1OC=CO1. The minimum Gasteiger partial charge on any atom is -0.455 e. The number of ether oxygens (including phenoxy) is 3. The van der Waals surface area contributed by atoms with Crippen molar-refractivity contribution >= 4 is 6.09 Å². The Kier molecular flexibility index (Phi) is 7.45. The lowest BCUT2D eigenvalue weighted by molar-refractivity contribution is -0.0275. The van der Waals surface area contributed by atoms with Gasteiger partial charge in [0.25, 0.3) is 6.29 Å². The van der Waals surface area contributed by atoms with Gasteiger partial charge >= 0.3 is 6.09 Å². The summed E-state index contributed by atoms with van der Waals surface area (Å²) in [6, 6.07) is 5.39. The Balaban J connectivity index is 2.37. The molecule has 0 saturated heterocycles. The Hall–Kier alpha value is -2.21. The van der Waals surface area contributed by atoms with E-state index in [-0.39, 0.29) is 11.3 Å². The maximum Gasteiger partial charge on any atom is 0.407 e. The van der Waals surface area contributed by atoms with Crippen molar-refractivity contribution in [2.24, 2.45) is 5.92 Å². The van der Waals surface area contributed by atoms with Crippen LogP contribution >= 0.6 is 0 Å². The quantitative estimate of drug-likeness (QED) is 0.639. The van der Waals surface area contributed by atoms with Crippen LogP contribution in [0.25, 0.3) is 0 Å². The lowest BCUT2D eigenvalue weighted by Gasteiger charge is -2.30. The molecule has 0 bridgehead atoms. The maximum absolute atomic E-state index is 12.4. The van der Waals surface area contributed by atoms with E-state index in [2.05, 4.69) is 26.1 Å². The van der Waals surface area contributed by atoms with E-state index in [1.54, 1.807) is 0 Å². The van der Waals surface area contributed by atoms with Gasteiger partial charge in [-0.1, -0.05) is 46.8 Å². The topological polar surface area (TPSA) is 77.0 Å². The van der Waals surface area contributed by atoms with Gasteiger partial charge in [0.05, 0.1) is 12.1 Å². The highest BCUT2D eigenvalue weighted by Crippen LogP contribution is 2.36. The molecule has 1 aliphatic rings. The highest BCUT2D eigenvalue weighted by Gasteiger charge is 2.31. The number of nitrogens with one attached hydrogen (secondary N) is 1. The molecule has 168 valence electrons. The van der Waals surface area contributed by atoms with E-state index >= 15 is 0 Å². The third-order valence-electron chi connectivity index (χ3n) is 4.79. The highest BCUT2D eigenvalue weighted by molar-refractivity contribution is 5.68. The van der Waals surface area contributed by atoms with Crippen molar-refractivity contribution in [3.8, 4) is 0 Å². The molecule has 0 aliphatic carbocycles. The third kappa shape index (κ3) is 6.66. The summed E-state index contributed by atoms with van der Waals surface area (Å²) in [5, 5.41) is 14.2. The Bertz CT molecular complexity index is 750. The normalized spacial score (nSPS) is 16.7. The highest BCUT2D eigenvalue weighted by atomic mass is 16.7. The Morgan fingerprint density at radius 3 is 2.23 bits per heavy atom. The van der Waals surface area contributed by atoms with Crippen molar-refractivity contribution in [1.29, 1.82) is 0 Å². The largest absolute Gasteiger partial charge is 0.455 e. The summed E-state index contributed by atoms with van der Waals surface area (Å²) in [6.07, 6.45) is 1.46. The summed E-state index contributed by atoms with van der Waals surface area (Å²) in [5.74, 6) is 0.262. The van der Waals surface area contributed by atoms with E-state index in [9.17, 15) is 9.90 Å². The third-order valence-corrected chi connectivity index (χ3v) is 4.79. The second-order valence-electron chi connectivity index (χ2n) is 10.3. The number of carbonyl (C=O) groups excluding carboxylic acids is 1. The van der Waals surface area contributed by atoms with Crippen molar-refractivity contribution in [1.82, 2.24) is 5.32 Å². The van der Waals surface area contributed by atoms with Gasteiger partial charge in [0, 0.05) is 5.56 Å². The second-order valence-corrected chi connectivity index (χ2v) is 10.3. The van der Waals surface area contributed by atoms with Crippen LogP contribution in [0.4, 0.5) is 4.79 Å². The van der Waals surface area contributed by atoms with Gasteiger partial charge in [0.15, 0.2) is 0 Å². The summed E-state index contributed by atoms with van der Waals surface area (Å²) in [4.78, 5) is 12.4. The van der Waals surface area contributed by atoms with Crippen LogP contribution in [0, 0.1) is 5.92 Å². The smallest absolute Gasteiger partial charge is 0.407 e. The van der Waals surface area contributed by atoms with Crippen molar-refractivity contribution < 1.29 is 24.1 Å². The first-order valence-electron chi connectivity index (χ1n) is 10.6. The van der Waals surface area contributed by atoms with E-state index in [0.29, 0.717) is 12.0 Å². The van der Waals surface area contributed by atoms with Crippen LogP contribution in [-0.2, 0) is 19.6 Å². The molecule has 30 heavy (non-hydrogen) atoms. The van der Waals surface area contributed by atoms with Crippen molar-refractivity contribution in [2.45, 2.75) is 91.3 Å². The molecule has 0 radical (unpaired) electrons. The first-order chi connectivity index (χ1) is 13.8. The van der Waals surface area contributed by atoms with E-state index in [1.807, 2.05) is 52.8 Å². The molecule has 1 aromatic carbocycles. The van der Waals surface area contributed by atoms with Crippen LogP contribution in [0.3, 0.4) is 0 Å². The Morgan fingerprint density at radius 2 is 1.73 bits per heavy atom. The molecule has 1 aliphatic heterocycles. The van der Waals surface area contributed by atoms with Crippen LogP contribution in [0.15, 0.2) is 30.7 Å². The van der Waals surface area contributed by atoms with Gasteiger partial charge in [-0.2, -0.15) is 0 Å². The average Bonchev–Trinajstić information content (AvgIpc) is 3.11. The van der Waals surface area contributed by atoms with Crippen molar-refractivity contribution in [3.63, 3.8) is 0 Å². The van der Waals surface area contributed by atoms with Gasteiger partial charge < -0.3 is 24.6 Å². The number of hydrogen-bond acceptors (Lipinski definition) is 5. The first kappa shape index (κ1) is 24.1. The molecule has 2 N–H and O–H groups in total. The van der Waals surface area contributed by atoms with Crippen LogP contribution in [0.1, 0.15) is 90.9 Å². The monoisotopic (exact) mass is 419 g/mol. The zero-order chi connectivity index (χ0) is 22.7. The van der Waals surface area contributed by atoms with Crippen LogP contribution in [0.2, 0.25) is 0 Å². The van der Waals surface area contributed by atoms with Crippen molar-refractivity contribution in [2.75, 3.05) is 0 Å². The summed E-state index contributed by atoms with van der Waals surface area (Å²) >= 11 is 0. The lowest BCUT2D eigenvalue weighted by atomic mass is 9.83. The number of carbonyl (C=O) groups is 1. The molecule has 0 aromatic heterocycles. The number of alkyl carbamates (subject to hydrolysis) is 1. The first-order valence-corrected chi connectivity index (χ1v) is 10.6. The number of rotatable bonds is 6. The predicted octanol–water partition coefficient (Wildman–Crippen LogP) is 5.47. The average molecular weight is 420 g/mol. The second kappa shape index (κ2) is 9.29. The molecule has 0 unspecified atom stereocenters. The fourth-order valence-electron chi connectivity index (χ4n) is 3.35. The summed E-state index contributed by atoms with van der Waals surface area (Å²) < 4.78 is 16.6. The van der Waals surface area contributed by atoms with E-state index in [1.165, 1.54) is 12.5 Å². The van der Waals surface area contributed by atoms with Gasteiger partial charge in [-0.3, -0.25) is 0 Å². The lowest BCUT2D eigenvalue weighted by Crippen LogP contribution is -2.43. The predicted molar refractivity (Wildman–Crippen MR) is 117 cm³/mol. The van der Waals surface area contributed by atoms with Gasteiger partial charge in [0.1, 0.15) is 18.1 Å². The molecule has 2 atom stereocenters. The number of amides is 1. The molecule has 1 aromatic rings. The number of aliphatic hydroxyl groups excluding tert-OH is 1. The minimum atomic E-state index is -0.947. The zero-order valence-electron chi connectivity index (χ0n) is 19.5. The van der Waals surface area contributed by atoms with Crippen LogP contribution in [-0.4, -0.2) is 22.8 Å². The summed E-state index contributed by atoms with van der Waals surface area (Å²) in [6.45, 7) is 15.9. The van der Waals surface area contributed by atoms with Crippen LogP contribution < -0.4 is 5.32 Å². The zero-order valence-corrected chi connectivity index (χ0v) is 19.5. The molecule has 1 amide bonds. The fourth-order valence-corrected chi connectivity index (χ4v) is 3.35. The van der Waals surface area contributed by atoms with Crippen LogP contribution in [0.5, 0.6) is 0 Å². The number of benzene rings is 1. The molecular weight excluding hydrogens is 382 g/mol. The Morgan fingerprint density at radius 1 is 1.13 bits per heavy atom. The summed E-state index contributed by atoms with van der Waals surface area (Å²) in [5.41, 5.74) is 1.83. The van der Waals surface area contributed by atoms with Gasteiger partial charge in [-0.25, -0.2) is 4.79 Å². The van der Waals surface area contributed by atoms with Gasteiger partial charge in [0.2, 0.25) is 0 Å². The number of hydrogen-bond donors (Lipinski definition) is 2. The molecule has 0 fully saturated rings. The van der Waals surface area contributed by atoms with E-state index in [0.717, 1.165) is 11.1 Å². The molecule has 6 nitrogen and oxygen atoms in total. The molecule has 0 saturated carbocycles. The molecule has 1 heterocycles. The standard InChI is InChI=1S/C24H37NO5/c1-15(2)13-19(25-22(27)30-24(6,7)8)20(26)17-10-9-16(23(3,4)5)14-18(17)21-28-11-12-29-21/h9-12,14-15,19-21,26H,13H2,1-8H3,(H,25,27)/t19-,20-/m1/s1. The fraction of sp³-hybridized carbons (Fsp3) is 0.625. The van der Waals surface area contributed by atoms with E-state index in [4.69, 9.17) is 14.2 Å². The molecule has 2 rings (SSSR count). The molecule has 0 spiro atoms. The van der Waals surface area contributed by atoms with Crippen molar-refractivity contribution in [3.05, 3.63) is 47.4 Å². The minimum absolute atomic E-state index is 0.0731.